The summed E-state index contributed by atoms with van der Waals surface area (Å²) in [6.45, 7) is 8.38. The van der Waals surface area contributed by atoms with E-state index >= 15 is 0 Å². The molecule has 4 nitrogen and oxygen atoms in total. The predicted molar refractivity (Wildman–Crippen MR) is 63.9 cm³/mol. The Morgan fingerprint density at radius 1 is 1.38 bits per heavy atom. The van der Waals surface area contributed by atoms with Crippen molar-refractivity contribution in [3.63, 3.8) is 0 Å². The highest BCUT2D eigenvalue weighted by atomic mass is 16.1. The highest BCUT2D eigenvalue weighted by molar-refractivity contribution is 5.98. The molecule has 2 rings (SSSR count). The number of carbonyl (C=O) groups is 1. The zero-order valence-electron chi connectivity index (χ0n) is 9.97. The number of aromatic amines is 1. The number of nitrogens with one attached hydrogen (secondary N) is 2. The van der Waals surface area contributed by atoms with Gasteiger partial charge in [-0.05, 0) is 19.9 Å². The van der Waals surface area contributed by atoms with Gasteiger partial charge in [0, 0.05) is 43.1 Å². The lowest BCUT2D eigenvalue weighted by molar-refractivity contribution is 0.0921. The van der Waals surface area contributed by atoms with Crippen molar-refractivity contribution >= 4 is 5.78 Å². The van der Waals surface area contributed by atoms with Crippen molar-refractivity contribution in [1.82, 2.24) is 15.2 Å². The fraction of sp³-hybridized carbons (Fsp3) is 0.583. The van der Waals surface area contributed by atoms with Gasteiger partial charge in [0.25, 0.3) is 0 Å². The van der Waals surface area contributed by atoms with Gasteiger partial charge in [0.1, 0.15) is 0 Å². The van der Waals surface area contributed by atoms with Crippen LogP contribution in [-0.2, 0) is 0 Å². The molecule has 1 aliphatic rings. The van der Waals surface area contributed by atoms with Gasteiger partial charge < -0.3 is 10.3 Å². The number of carbonyl (C=O) groups excluding carboxylic acids is 1. The summed E-state index contributed by atoms with van der Waals surface area (Å²) in [5.41, 5.74) is 2.88. The fourth-order valence-electron chi connectivity index (χ4n) is 2.17. The maximum absolute atomic E-state index is 12.1. The van der Waals surface area contributed by atoms with Gasteiger partial charge in [0.15, 0.2) is 5.78 Å². The maximum Gasteiger partial charge on any atom is 0.178 e. The normalized spacial score (nSPS) is 17.6. The van der Waals surface area contributed by atoms with Crippen molar-refractivity contribution in [3.05, 3.63) is 23.0 Å². The van der Waals surface area contributed by atoms with Crippen LogP contribution in [0.15, 0.2) is 6.07 Å². The molecule has 0 atom stereocenters. The molecule has 88 valence electrons. The smallest absolute Gasteiger partial charge is 0.178 e. The number of hydrogen-bond acceptors (Lipinski definition) is 3. The minimum Gasteiger partial charge on any atom is -0.362 e. The first kappa shape index (κ1) is 11.4. The third kappa shape index (κ3) is 2.51. The van der Waals surface area contributed by atoms with E-state index in [2.05, 4.69) is 15.2 Å². The van der Waals surface area contributed by atoms with Crippen molar-refractivity contribution in [3.8, 4) is 0 Å². The van der Waals surface area contributed by atoms with Gasteiger partial charge in [-0.2, -0.15) is 0 Å². The molecule has 0 aromatic carbocycles. The Balaban J connectivity index is 1.99. The number of aryl methyl sites for hydroxylation is 2. The van der Waals surface area contributed by atoms with Crippen LogP contribution in [0.2, 0.25) is 0 Å². The molecular formula is C12H19N3O. The topological polar surface area (TPSA) is 48.1 Å². The number of hydrogen-bond donors (Lipinski definition) is 2. The molecule has 4 heteroatoms. The molecule has 2 heterocycles. The molecule has 0 aliphatic carbocycles. The maximum atomic E-state index is 12.1. The number of Topliss-reactive ketones (excluding diaryl/α,β-unsaturated/α-hetero) is 1. The number of piperazine rings is 1. The van der Waals surface area contributed by atoms with Gasteiger partial charge in [0.2, 0.25) is 0 Å². The van der Waals surface area contributed by atoms with Gasteiger partial charge in [-0.25, -0.2) is 0 Å². The Labute approximate surface area is 96.0 Å². The average molecular weight is 221 g/mol. The summed E-state index contributed by atoms with van der Waals surface area (Å²) in [7, 11) is 0. The van der Waals surface area contributed by atoms with E-state index in [-0.39, 0.29) is 5.78 Å². The molecule has 0 radical (unpaired) electrons. The van der Waals surface area contributed by atoms with Gasteiger partial charge in [-0.3, -0.25) is 9.69 Å². The van der Waals surface area contributed by atoms with Crippen LogP contribution in [0.25, 0.3) is 0 Å². The van der Waals surface area contributed by atoms with Crippen LogP contribution in [0.1, 0.15) is 21.7 Å². The molecule has 0 spiro atoms. The second-order valence-corrected chi connectivity index (χ2v) is 4.44. The third-order valence-corrected chi connectivity index (χ3v) is 3.03. The summed E-state index contributed by atoms with van der Waals surface area (Å²) < 4.78 is 0. The highest BCUT2D eigenvalue weighted by Crippen LogP contribution is 2.11. The monoisotopic (exact) mass is 221 g/mol. The van der Waals surface area contributed by atoms with E-state index in [0.29, 0.717) is 6.54 Å². The minimum atomic E-state index is 0.226. The Morgan fingerprint density at radius 3 is 2.62 bits per heavy atom. The third-order valence-electron chi connectivity index (χ3n) is 3.03. The molecular weight excluding hydrogens is 202 g/mol. The van der Waals surface area contributed by atoms with Crippen LogP contribution in [-0.4, -0.2) is 48.4 Å². The SMILES string of the molecule is Cc1cc(C(=O)CN2CCNCC2)c(C)[nH]1. The number of nitrogens with zero attached hydrogens (tertiary/aromatic N) is 1. The van der Waals surface area contributed by atoms with E-state index in [9.17, 15) is 4.79 Å². The van der Waals surface area contributed by atoms with E-state index in [4.69, 9.17) is 0 Å². The zero-order chi connectivity index (χ0) is 11.5. The molecule has 1 fully saturated rings. The first-order chi connectivity index (χ1) is 7.66. The van der Waals surface area contributed by atoms with Crippen molar-refractivity contribution in [2.24, 2.45) is 0 Å². The van der Waals surface area contributed by atoms with Gasteiger partial charge >= 0.3 is 0 Å². The highest BCUT2D eigenvalue weighted by Gasteiger charge is 2.17. The molecule has 0 unspecified atom stereocenters. The summed E-state index contributed by atoms with van der Waals surface area (Å²) in [4.78, 5) is 17.4. The molecule has 0 saturated carbocycles. The molecule has 1 aromatic rings. The summed E-state index contributed by atoms with van der Waals surface area (Å²) in [6.07, 6.45) is 0. The van der Waals surface area contributed by atoms with E-state index in [0.717, 1.165) is 43.1 Å². The molecule has 1 aliphatic heterocycles. The number of ketones is 1. The van der Waals surface area contributed by atoms with Gasteiger partial charge in [-0.15, -0.1) is 0 Å². The van der Waals surface area contributed by atoms with Crippen LogP contribution >= 0.6 is 0 Å². The number of aromatic nitrogens is 1. The second-order valence-electron chi connectivity index (χ2n) is 4.44. The largest absolute Gasteiger partial charge is 0.362 e. The van der Waals surface area contributed by atoms with Crippen LogP contribution in [0, 0.1) is 13.8 Å². The van der Waals surface area contributed by atoms with Crippen LogP contribution < -0.4 is 5.32 Å². The van der Waals surface area contributed by atoms with E-state index in [1.165, 1.54) is 0 Å². The summed E-state index contributed by atoms with van der Waals surface area (Å²) >= 11 is 0. The van der Waals surface area contributed by atoms with Crippen molar-refractivity contribution in [2.45, 2.75) is 13.8 Å². The lowest BCUT2D eigenvalue weighted by atomic mass is 10.1. The number of rotatable bonds is 3. The van der Waals surface area contributed by atoms with Gasteiger partial charge in [0.05, 0.1) is 6.54 Å². The van der Waals surface area contributed by atoms with Crippen molar-refractivity contribution in [1.29, 1.82) is 0 Å². The van der Waals surface area contributed by atoms with Gasteiger partial charge in [-0.1, -0.05) is 0 Å². The second kappa shape index (κ2) is 4.80. The van der Waals surface area contributed by atoms with E-state index in [1.807, 2.05) is 19.9 Å². The quantitative estimate of drug-likeness (QED) is 0.739. The lowest BCUT2D eigenvalue weighted by Gasteiger charge is -2.26. The molecule has 0 bridgehead atoms. The Hall–Kier alpha value is -1.13. The van der Waals surface area contributed by atoms with Crippen LogP contribution in [0.3, 0.4) is 0 Å². The number of H-pyrrole nitrogens is 1. The zero-order valence-corrected chi connectivity index (χ0v) is 9.97. The summed E-state index contributed by atoms with van der Waals surface area (Å²) in [6, 6.07) is 1.94. The Morgan fingerprint density at radius 2 is 2.06 bits per heavy atom. The lowest BCUT2D eigenvalue weighted by Crippen LogP contribution is -2.45. The first-order valence-corrected chi connectivity index (χ1v) is 5.79. The van der Waals surface area contributed by atoms with E-state index < -0.39 is 0 Å². The molecule has 16 heavy (non-hydrogen) atoms. The Bertz CT molecular complexity index is 378. The first-order valence-electron chi connectivity index (χ1n) is 5.79. The molecule has 1 saturated heterocycles. The Kier molecular flexibility index (Phi) is 3.41. The van der Waals surface area contributed by atoms with E-state index in [1.54, 1.807) is 0 Å². The van der Waals surface area contributed by atoms with Crippen molar-refractivity contribution < 1.29 is 4.79 Å². The predicted octanol–water partition coefficient (Wildman–Crippen LogP) is 0.719. The van der Waals surface area contributed by atoms with Crippen molar-refractivity contribution in [2.75, 3.05) is 32.7 Å². The average Bonchev–Trinajstić information content (AvgIpc) is 2.59. The summed E-state index contributed by atoms with van der Waals surface area (Å²) in [5.74, 6) is 0.226. The molecule has 0 amide bonds. The minimum absolute atomic E-state index is 0.226. The standard InChI is InChI=1S/C12H19N3O/c1-9-7-11(10(2)14-9)12(16)8-15-5-3-13-4-6-15/h7,13-14H,3-6,8H2,1-2H3. The fourth-order valence-corrected chi connectivity index (χ4v) is 2.17. The molecule has 1 aromatic heterocycles. The molecule has 2 N–H and O–H groups in total. The summed E-state index contributed by atoms with van der Waals surface area (Å²) in [5, 5.41) is 3.28. The van der Waals surface area contributed by atoms with Crippen LogP contribution in [0.4, 0.5) is 0 Å². The van der Waals surface area contributed by atoms with Crippen LogP contribution in [0.5, 0.6) is 0 Å².